The summed E-state index contributed by atoms with van der Waals surface area (Å²) in [5, 5.41) is 4.35. The van der Waals surface area contributed by atoms with Crippen LogP contribution in [0.2, 0.25) is 0 Å². The normalized spacial score (nSPS) is 27.3. The Morgan fingerprint density at radius 2 is 1.57 bits per heavy atom. The molecule has 3 aliphatic heterocycles. The lowest BCUT2D eigenvalue weighted by atomic mass is 9.90. The highest BCUT2D eigenvalue weighted by atomic mass is 16.5. The summed E-state index contributed by atoms with van der Waals surface area (Å²) in [7, 11) is 0. The van der Waals surface area contributed by atoms with Crippen molar-refractivity contribution < 1.29 is 14.3 Å². The first kappa shape index (κ1) is 17.4. The lowest BCUT2D eigenvalue weighted by Gasteiger charge is -2.29. The monoisotopic (exact) mass is 377 g/mol. The molecule has 0 N–H and O–H groups in total. The third-order valence-electron chi connectivity index (χ3n) is 5.95. The molecular formula is C22H23N3O3. The van der Waals surface area contributed by atoms with Crippen molar-refractivity contribution in [2.24, 2.45) is 5.92 Å². The van der Waals surface area contributed by atoms with Crippen LogP contribution in [0.3, 0.4) is 0 Å². The van der Waals surface area contributed by atoms with Crippen LogP contribution in [-0.4, -0.2) is 47.6 Å². The molecule has 0 aliphatic carbocycles. The number of fused-ring (bicyclic) bond motifs is 3. The summed E-state index contributed by atoms with van der Waals surface area (Å²) in [6.07, 6.45) is 1.01. The van der Waals surface area contributed by atoms with Crippen molar-refractivity contribution >= 4 is 17.5 Å². The highest BCUT2D eigenvalue weighted by Gasteiger charge is 2.62. The van der Waals surface area contributed by atoms with E-state index in [1.807, 2.05) is 37.3 Å². The molecule has 0 saturated carbocycles. The van der Waals surface area contributed by atoms with Gasteiger partial charge in [0.1, 0.15) is 11.8 Å². The second-order valence-electron chi connectivity index (χ2n) is 7.44. The molecule has 2 aromatic carbocycles. The first-order valence-electron chi connectivity index (χ1n) is 9.89. The van der Waals surface area contributed by atoms with Crippen molar-refractivity contribution in [1.82, 2.24) is 10.0 Å². The van der Waals surface area contributed by atoms with Gasteiger partial charge < -0.3 is 4.74 Å². The largest absolute Gasteiger partial charge is 0.494 e. The number of hydrogen-bond acceptors (Lipinski definition) is 5. The van der Waals surface area contributed by atoms with E-state index in [9.17, 15) is 9.59 Å². The predicted octanol–water partition coefficient (Wildman–Crippen LogP) is 2.62. The number of carbonyl (C=O) groups is 2. The van der Waals surface area contributed by atoms with Gasteiger partial charge in [-0.25, -0.2) is 14.9 Å². The Bertz CT molecular complexity index is 899. The van der Waals surface area contributed by atoms with Gasteiger partial charge in [0.05, 0.1) is 24.3 Å². The summed E-state index contributed by atoms with van der Waals surface area (Å²) >= 11 is 0. The Hall–Kier alpha value is -2.70. The number of hydrazine groups is 1. The molecule has 6 nitrogen and oxygen atoms in total. The van der Waals surface area contributed by atoms with Gasteiger partial charge in [0.25, 0.3) is 5.91 Å². The van der Waals surface area contributed by atoms with Gasteiger partial charge in [-0.3, -0.25) is 9.59 Å². The average Bonchev–Trinajstić information content (AvgIpc) is 3.36. The maximum absolute atomic E-state index is 13.4. The SMILES string of the molecule is CCOc1ccc(N2C(=O)[C@H]3[C@@H](C2=O)N2CCCN2[C@@H]3c2ccccc2)cc1. The number of carbonyl (C=O) groups excluding carboxylic acids is 2. The van der Waals surface area contributed by atoms with E-state index in [0.29, 0.717) is 12.3 Å². The van der Waals surface area contributed by atoms with E-state index in [0.717, 1.165) is 30.8 Å². The molecule has 3 atom stereocenters. The number of amides is 2. The first-order valence-corrected chi connectivity index (χ1v) is 9.89. The molecule has 3 fully saturated rings. The molecule has 0 spiro atoms. The van der Waals surface area contributed by atoms with Crippen LogP contribution in [0.5, 0.6) is 5.75 Å². The zero-order valence-electron chi connectivity index (χ0n) is 15.8. The lowest BCUT2D eigenvalue weighted by Crippen LogP contribution is -2.44. The molecule has 3 aliphatic rings. The van der Waals surface area contributed by atoms with Crippen LogP contribution in [0.1, 0.15) is 24.9 Å². The molecule has 0 bridgehead atoms. The Morgan fingerprint density at radius 1 is 0.893 bits per heavy atom. The molecule has 3 saturated heterocycles. The van der Waals surface area contributed by atoms with E-state index >= 15 is 0 Å². The van der Waals surface area contributed by atoms with Gasteiger partial charge >= 0.3 is 0 Å². The number of hydrogen-bond donors (Lipinski definition) is 0. The fourth-order valence-corrected chi connectivity index (χ4v) is 4.88. The van der Waals surface area contributed by atoms with E-state index in [2.05, 4.69) is 22.2 Å². The third kappa shape index (κ3) is 2.48. The van der Waals surface area contributed by atoms with Gasteiger partial charge in [0, 0.05) is 13.1 Å². The van der Waals surface area contributed by atoms with E-state index in [1.54, 1.807) is 12.1 Å². The van der Waals surface area contributed by atoms with Gasteiger partial charge in [0.2, 0.25) is 5.91 Å². The quantitative estimate of drug-likeness (QED) is 0.767. The molecule has 0 unspecified atom stereocenters. The zero-order valence-corrected chi connectivity index (χ0v) is 15.8. The first-order chi connectivity index (χ1) is 13.7. The minimum absolute atomic E-state index is 0.0853. The summed E-state index contributed by atoms with van der Waals surface area (Å²) in [5.74, 6) is 0.132. The molecular weight excluding hydrogens is 354 g/mol. The standard InChI is InChI=1S/C22H23N3O3/c1-2-28-17-11-9-16(10-12-17)25-21(26)18-19(15-7-4-3-5-8-15)23-13-6-14-24(23)20(18)22(25)27/h3-5,7-12,18-20H,2,6,13-14H2,1H3/t18-,19-,20+/m1/s1. The second-order valence-corrected chi connectivity index (χ2v) is 7.44. The van der Waals surface area contributed by atoms with Gasteiger partial charge in [0.15, 0.2) is 0 Å². The number of rotatable bonds is 4. The Labute approximate surface area is 164 Å². The molecule has 3 heterocycles. The van der Waals surface area contributed by atoms with Crippen molar-refractivity contribution in [3.63, 3.8) is 0 Å². The highest BCUT2D eigenvalue weighted by Crippen LogP contribution is 2.48. The maximum Gasteiger partial charge on any atom is 0.253 e. The molecule has 28 heavy (non-hydrogen) atoms. The summed E-state index contributed by atoms with van der Waals surface area (Å²) < 4.78 is 5.48. The van der Waals surface area contributed by atoms with Crippen molar-refractivity contribution in [3.05, 3.63) is 60.2 Å². The number of ether oxygens (including phenoxy) is 1. The average molecular weight is 377 g/mol. The molecule has 6 heteroatoms. The summed E-state index contributed by atoms with van der Waals surface area (Å²) in [6.45, 7) is 4.21. The second kappa shape index (κ2) is 6.72. The van der Waals surface area contributed by atoms with Crippen LogP contribution < -0.4 is 9.64 Å². The number of imide groups is 1. The van der Waals surface area contributed by atoms with Crippen molar-refractivity contribution in [3.8, 4) is 5.75 Å². The van der Waals surface area contributed by atoms with Crippen molar-refractivity contribution in [1.29, 1.82) is 0 Å². The van der Waals surface area contributed by atoms with Gasteiger partial charge in [-0.15, -0.1) is 0 Å². The number of anilines is 1. The minimum atomic E-state index is -0.410. The zero-order chi connectivity index (χ0) is 19.3. The van der Waals surface area contributed by atoms with Crippen LogP contribution in [0, 0.1) is 5.92 Å². The lowest BCUT2D eigenvalue weighted by molar-refractivity contribution is -0.126. The Kier molecular flexibility index (Phi) is 4.18. The fourth-order valence-electron chi connectivity index (χ4n) is 4.88. The molecule has 144 valence electrons. The van der Waals surface area contributed by atoms with Gasteiger partial charge in [-0.2, -0.15) is 0 Å². The van der Waals surface area contributed by atoms with Crippen molar-refractivity contribution in [2.45, 2.75) is 25.4 Å². The number of benzene rings is 2. The summed E-state index contributed by atoms with van der Waals surface area (Å²) in [4.78, 5) is 28.1. The minimum Gasteiger partial charge on any atom is -0.494 e. The maximum atomic E-state index is 13.4. The fraction of sp³-hybridized carbons (Fsp3) is 0.364. The van der Waals surface area contributed by atoms with E-state index in [1.165, 1.54) is 4.90 Å². The van der Waals surface area contributed by atoms with E-state index in [4.69, 9.17) is 4.74 Å². The van der Waals surface area contributed by atoms with Gasteiger partial charge in [-0.1, -0.05) is 30.3 Å². The summed E-state index contributed by atoms with van der Waals surface area (Å²) in [5.41, 5.74) is 1.71. The predicted molar refractivity (Wildman–Crippen MR) is 105 cm³/mol. The summed E-state index contributed by atoms with van der Waals surface area (Å²) in [6, 6.07) is 16.8. The van der Waals surface area contributed by atoms with Crippen LogP contribution in [0.25, 0.3) is 0 Å². The van der Waals surface area contributed by atoms with E-state index < -0.39 is 6.04 Å². The van der Waals surface area contributed by atoms with Crippen LogP contribution in [-0.2, 0) is 9.59 Å². The highest BCUT2D eigenvalue weighted by molar-refractivity contribution is 6.24. The molecule has 5 rings (SSSR count). The smallest absolute Gasteiger partial charge is 0.253 e. The van der Waals surface area contributed by atoms with Crippen molar-refractivity contribution in [2.75, 3.05) is 24.6 Å². The van der Waals surface area contributed by atoms with Crippen LogP contribution in [0.15, 0.2) is 54.6 Å². The number of nitrogens with zero attached hydrogens (tertiary/aromatic N) is 3. The van der Waals surface area contributed by atoms with Crippen LogP contribution >= 0.6 is 0 Å². The van der Waals surface area contributed by atoms with E-state index in [-0.39, 0.29) is 23.8 Å². The molecule has 2 amide bonds. The van der Waals surface area contributed by atoms with Gasteiger partial charge in [-0.05, 0) is 43.2 Å². The Balaban J connectivity index is 1.52. The Morgan fingerprint density at radius 3 is 2.25 bits per heavy atom. The van der Waals surface area contributed by atoms with Crippen LogP contribution in [0.4, 0.5) is 5.69 Å². The topological polar surface area (TPSA) is 53.1 Å². The molecule has 2 aromatic rings. The molecule has 0 aromatic heterocycles. The third-order valence-corrected chi connectivity index (χ3v) is 5.95. The molecule has 0 radical (unpaired) electrons.